The van der Waals surface area contributed by atoms with Crippen LogP contribution in [0.25, 0.3) is 0 Å². The Labute approximate surface area is 97.0 Å². The molecule has 0 aliphatic heterocycles. The van der Waals surface area contributed by atoms with Crippen LogP contribution >= 0.6 is 11.6 Å². The van der Waals surface area contributed by atoms with Crippen LogP contribution in [0.3, 0.4) is 0 Å². The van der Waals surface area contributed by atoms with Gasteiger partial charge in [0, 0.05) is 0 Å². The first-order valence-corrected chi connectivity index (χ1v) is 4.87. The van der Waals surface area contributed by atoms with E-state index in [2.05, 4.69) is 0 Å². The first-order valence-electron chi connectivity index (χ1n) is 4.43. The Morgan fingerprint density at radius 1 is 1.38 bits per heavy atom. The van der Waals surface area contributed by atoms with Crippen molar-refractivity contribution in [3.05, 3.63) is 35.9 Å². The van der Waals surface area contributed by atoms with E-state index in [-0.39, 0.29) is 6.61 Å². The molecule has 1 unspecified atom stereocenters. The number of carbonyl (C=O) groups excluding carboxylic acids is 1. The third kappa shape index (κ3) is 4.18. The molecule has 1 rings (SSSR count). The zero-order chi connectivity index (χ0) is 12.0. The van der Waals surface area contributed by atoms with E-state index in [0.717, 1.165) is 5.56 Å². The third-order valence-corrected chi connectivity index (χ3v) is 1.97. The summed E-state index contributed by atoms with van der Waals surface area (Å²) in [6.07, 6.45) is -0.869. The Morgan fingerprint density at radius 2 is 2.00 bits per heavy atom. The number of alkyl halides is 1. The smallest absolute Gasteiger partial charge is 0.409 e. The zero-order valence-electron chi connectivity index (χ0n) is 8.22. The lowest BCUT2D eigenvalue weighted by Crippen LogP contribution is -2.36. The number of rotatable bonds is 4. The maximum Gasteiger partial charge on any atom is 0.409 e. The van der Waals surface area contributed by atoms with Crippen LogP contribution in [-0.2, 0) is 16.1 Å². The van der Waals surface area contributed by atoms with Gasteiger partial charge in [-0.2, -0.15) is 0 Å². The lowest BCUT2D eigenvalue weighted by Gasteiger charge is -2.08. The predicted molar refractivity (Wildman–Crippen MR) is 57.0 cm³/mol. The maximum atomic E-state index is 11.1. The second kappa shape index (κ2) is 5.97. The first kappa shape index (κ1) is 12.3. The van der Waals surface area contributed by atoms with Crippen LogP contribution in [0, 0.1) is 0 Å². The summed E-state index contributed by atoms with van der Waals surface area (Å²) in [5, 5.41) is 10.4. The van der Waals surface area contributed by atoms with Gasteiger partial charge in [0.05, 0.1) is 0 Å². The molecule has 1 amide bonds. The van der Waals surface area contributed by atoms with E-state index in [1.165, 1.54) is 0 Å². The number of carboxylic acids is 1. The fourth-order valence-corrected chi connectivity index (χ4v) is 1.02. The first-order chi connectivity index (χ1) is 7.59. The van der Waals surface area contributed by atoms with Gasteiger partial charge in [0.2, 0.25) is 5.50 Å². The van der Waals surface area contributed by atoms with Gasteiger partial charge in [-0.25, -0.2) is 9.59 Å². The van der Waals surface area contributed by atoms with Crippen LogP contribution in [0.4, 0.5) is 4.79 Å². The molecule has 0 radical (unpaired) electrons. The number of nitrogens with one attached hydrogen (secondary N) is 1. The van der Waals surface area contributed by atoms with E-state index in [9.17, 15) is 9.59 Å². The van der Waals surface area contributed by atoms with E-state index in [0.29, 0.717) is 0 Å². The minimum Gasteiger partial charge on any atom is -0.479 e. The molecule has 0 aliphatic rings. The number of amides is 1. The predicted octanol–water partition coefficient (Wildman–Crippen LogP) is 1.56. The standard InChI is InChI=1S/C10H10ClNO4/c11-8(9(13)14)12-10(15)16-6-7-4-2-1-3-5-7/h1-5,8H,6H2,(H,12,15)(H,13,14). The number of halogens is 1. The summed E-state index contributed by atoms with van der Waals surface area (Å²) in [6.45, 7) is 0.0654. The summed E-state index contributed by atoms with van der Waals surface area (Å²) in [4.78, 5) is 21.4. The molecule has 0 saturated carbocycles. The second-order valence-electron chi connectivity index (χ2n) is 2.91. The van der Waals surface area contributed by atoms with Crippen molar-refractivity contribution in [2.75, 3.05) is 0 Å². The highest BCUT2D eigenvalue weighted by Gasteiger charge is 2.16. The molecule has 0 fully saturated rings. The van der Waals surface area contributed by atoms with Crippen molar-refractivity contribution in [3.8, 4) is 0 Å². The van der Waals surface area contributed by atoms with Gasteiger partial charge in [0.15, 0.2) is 0 Å². The molecule has 1 aromatic carbocycles. The molecule has 0 spiro atoms. The average Bonchev–Trinajstić information content (AvgIpc) is 2.27. The van der Waals surface area contributed by atoms with Gasteiger partial charge in [-0.15, -0.1) is 0 Å². The molecule has 16 heavy (non-hydrogen) atoms. The van der Waals surface area contributed by atoms with Gasteiger partial charge in [-0.3, -0.25) is 5.32 Å². The fraction of sp³-hybridized carbons (Fsp3) is 0.200. The van der Waals surface area contributed by atoms with Gasteiger partial charge < -0.3 is 9.84 Å². The van der Waals surface area contributed by atoms with E-state index in [1.807, 2.05) is 11.4 Å². The molecule has 2 N–H and O–H groups in total. The number of aliphatic carboxylic acids is 1. The van der Waals surface area contributed by atoms with E-state index in [1.54, 1.807) is 24.3 Å². The molecule has 0 bridgehead atoms. The molecule has 0 heterocycles. The molecule has 5 nitrogen and oxygen atoms in total. The zero-order valence-corrected chi connectivity index (χ0v) is 8.98. The number of hydrogen-bond donors (Lipinski definition) is 2. The van der Waals surface area contributed by atoms with Crippen molar-refractivity contribution in [1.29, 1.82) is 0 Å². The Kier molecular flexibility index (Phi) is 4.60. The number of alkyl carbamates (subject to hydrolysis) is 1. The summed E-state index contributed by atoms with van der Waals surface area (Å²) in [5.41, 5.74) is -0.678. The Bertz CT molecular complexity index is 368. The normalized spacial score (nSPS) is 11.6. The number of carboxylic acid groups (broad SMARTS) is 1. The number of hydrogen-bond acceptors (Lipinski definition) is 3. The van der Waals surface area contributed by atoms with Crippen LogP contribution < -0.4 is 5.32 Å². The van der Waals surface area contributed by atoms with Crippen LogP contribution in [0.15, 0.2) is 30.3 Å². The molecule has 0 saturated heterocycles. The molecule has 1 atom stereocenters. The SMILES string of the molecule is O=C(NC(Cl)C(=O)O)OCc1ccccc1. The monoisotopic (exact) mass is 243 g/mol. The number of benzene rings is 1. The van der Waals surface area contributed by atoms with Crippen LogP contribution in [0.1, 0.15) is 5.56 Å². The van der Waals surface area contributed by atoms with Gasteiger partial charge >= 0.3 is 12.1 Å². The highest BCUT2D eigenvalue weighted by molar-refractivity contribution is 6.30. The van der Waals surface area contributed by atoms with Crippen LogP contribution in [-0.4, -0.2) is 22.7 Å². The molecule has 1 aromatic rings. The van der Waals surface area contributed by atoms with Gasteiger partial charge in [-0.1, -0.05) is 41.9 Å². The lowest BCUT2D eigenvalue weighted by atomic mass is 10.2. The van der Waals surface area contributed by atoms with Gasteiger partial charge in [0.1, 0.15) is 6.61 Å². The molecular weight excluding hydrogens is 234 g/mol. The van der Waals surface area contributed by atoms with Gasteiger partial charge in [0.25, 0.3) is 0 Å². The van der Waals surface area contributed by atoms with Gasteiger partial charge in [-0.05, 0) is 5.56 Å². The lowest BCUT2D eigenvalue weighted by molar-refractivity contribution is -0.137. The highest BCUT2D eigenvalue weighted by atomic mass is 35.5. The number of ether oxygens (including phenoxy) is 1. The fourth-order valence-electron chi connectivity index (χ4n) is 0.930. The Morgan fingerprint density at radius 3 is 2.56 bits per heavy atom. The third-order valence-electron chi connectivity index (χ3n) is 1.67. The van der Waals surface area contributed by atoms with Crippen molar-refractivity contribution in [3.63, 3.8) is 0 Å². The van der Waals surface area contributed by atoms with Crippen molar-refractivity contribution in [1.82, 2.24) is 5.32 Å². The molecular formula is C10H10ClNO4. The summed E-state index contributed by atoms with van der Waals surface area (Å²) in [6, 6.07) is 9.00. The van der Waals surface area contributed by atoms with Crippen molar-refractivity contribution in [2.24, 2.45) is 0 Å². The summed E-state index contributed by atoms with van der Waals surface area (Å²) in [5.74, 6) is -1.33. The van der Waals surface area contributed by atoms with Crippen molar-refractivity contribution < 1.29 is 19.4 Å². The van der Waals surface area contributed by atoms with E-state index < -0.39 is 17.6 Å². The minimum absolute atomic E-state index is 0.0654. The minimum atomic E-state index is -1.48. The van der Waals surface area contributed by atoms with Crippen molar-refractivity contribution >= 4 is 23.7 Å². The van der Waals surface area contributed by atoms with E-state index >= 15 is 0 Å². The summed E-state index contributed by atoms with van der Waals surface area (Å²) in [7, 11) is 0. The Hall–Kier alpha value is -1.75. The molecule has 6 heteroatoms. The second-order valence-corrected chi connectivity index (χ2v) is 3.34. The molecule has 86 valence electrons. The molecule has 0 aromatic heterocycles. The van der Waals surface area contributed by atoms with Crippen LogP contribution in [0.2, 0.25) is 0 Å². The van der Waals surface area contributed by atoms with Crippen molar-refractivity contribution in [2.45, 2.75) is 12.1 Å². The highest BCUT2D eigenvalue weighted by Crippen LogP contribution is 2.01. The molecule has 0 aliphatic carbocycles. The van der Waals surface area contributed by atoms with Crippen LogP contribution in [0.5, 0.6) is 0 Å². The topological polar surface area (TPSA) is 75.6 Å². The maximum absolute atomic E-state index is 11.1. The largest absolute Gasteiger partial charge is 0.479 e. The number of carbonyl (C=O) groups is 2. The van der Waals surface area contributed by atoms with E-state index in [4.69, 9.17) is 21.4 Å². The summed E-state index contributed by atoms with van der Waals surface area (Å²) < 4.78 is 4.75. The summed E-state index contributed by atoms with van der Waals surface area (Å²) >= 11 is 5.28. The Balaban J connectivity index is 2.33. The quantitative estimate of drug-likeness (QED) is 0.622. The average molecular weight is 244 g/mol.